The molecule has 8 heteroatoms. The van der Waals surface area contributed by atoms with Crippen LogP contribution in [-0.4, -0.2) is 31.8 Å². The Balaban J connectivity index is 1.51. The summed E-state index contributed by atoms with van der Waals surface area (Å²) in [5, 5.41) is 1.97. The molecular formula is C27H30NO7+. The number of methoxy groups -OCH3 is 1. The summed E-state index contributed by atoms with van der Waals surface area (Å²) in [4.78, 5) is 36.6. The molecule has 0 aliphatic carbocycles. The van der Waals surface area contributed by atoms with Crippen molar-refractivity contribution in [1.29, 1.82) is 0 Å². The average Bonchev–Trinajstić information content (AvgIpc) is 2.86. The summed E-state index contributed by atoms with van der Waals surface area (Å²) >= 11 is 0. The van der Waals surface area contributed by atoms with E-state index < -0.39 is 24.6 Å². The van der Waals surface area contributed by atoms with Crippen molar-refractivity contribution in [2.24, 2.45) is 5.92 Å². The van der Waals surface area contributed by atoms with Gasteiger partial charge in [-0.25, -0.2) is 4.79 Å². The van der Waals surface area contributed by atoms with Gasteiger partial charge in [-0.2, -0.15) is 4.57 Å². The predicted molar refractivity (Wildman–Crippen MR) is 127 cm³/mol. The molecule has 0 fully saturated rings. The molecule has 0 saturated heterocycles. The Labute approximate surface area is 204 Å². The summed E-state index contributed by atoms with van der Waals surface area (Å²) in [5.74, 6) is -1.06. The number of benzene rings is 2. The summed E-state index contributed by atoms with van der Waals surface area (Å²) in [6, 6.07) is 14.6. The molecule has 0 aliphatic rings. The van der Waals surface area contributed by atoms with Crippen molar-refractivity contribution in [1.82, 2.24) is 0 Å². The van der Waals surface area contributed by atoms with Gasteiger partial charge in [0.1, 0.15) is 11.3 Å². The van der Waals surface area contributed by atoms with Gasteiger partial charge < -0.3 is 18.9 Å². The fourth-order valence-corrected chi connectivity index (χ4v) is 3.39. The molecule has 2 aromatic carbocycles. The van der Waals surface area contributed by atoms with Gasteiger partial charge in [-0.05, 0) is 47.4 Å². The van der Waals surface area contributed by atoms with Crippen molar-refractivity contribution in [3.63, 3.8) is 0 Å². The highest BCUT2D eigenvalue weighted by Gasteiger charge is 2.19. The summed E-state index contributed by atoms with van der Waals surface area (Å²) < 4.78 is 22.2. The highest BCUT2D eigenvalue weighted by atomic mass is 16.7. The van der Waals surface area contributed by atoms with Gasteiger partial charge in [0.2, 0.25) is 6.79 Å². The molecule has 0 N–H and O–H groups in total. The minimum atomic E-state index is -0.659. The van der Waals surface area contributed by atoms with Crippen molar-refractivity contribution in [2.45, 2.75) is 39.8 Å². The van der Waals surface area contributed by atoms with Crippen molar-refractivity contribution in [3.8, 4) is 5.75 Å². The number of pyridine rings is 1. The number of nitrogens with zero attached hydrogens (tertiary/aromatic N) is 1. The molecular weight excluding hydrogens is 450 g/mol. The van der Waals surface area contributed by atoms with Gasteiger partial charge in [0.25, 0.3) is 6.73 Å². The second-order valence-electron chi connectivity index (χ2n) is 8.56. The number of hydrogen-bond donors (Lipinski definition) is 0. The predicted octanol–water partition coefficient (Wildman–Crippen LogP) is 4.14. The van der Waals surface area contributed by atoms with Gasteiger partial charge in [0.15, 0.2) is 12.4 Å². The molecule has 0 saturated carbocycles. The van der Waals surface area contributed by atoms with Crippen molar-refractivity contribution in [2.75, 3.05) is 13.9 Å². The van der Waals surface area contributed by atoms with Gasteiger partial charge in [-0.15, -0.1) is 0 Å². The number of esters is 3. The van der Waals surface area contributed by atoms with Gasteiger partial charge in [-0.3, -0.25) is 9.59 Å². The smallest absolute Gasteiger partial charge is 0.347 e. The molecule has 0 radical (unpaired) electrons. The van der Waals surface area contributed by atoms with E-state index in [0.717, 1.165) is 22.1 Å². The molecule has 0 bridgehead atoms. The summed E-state index contributed by atoms with van der Waals surface area (Å²) in [5.41, 5.74) is 1.02. The van der Waals surface area contributed by atoms with E-state index >= 15 is 0 Å². The lowest BCUT2D eigenvalue weighted by Crippen LogP contribution is -2.36. The van der Waals surface area contributed by atoms with Gasteiger partial charge >= 0.3 is 17.9 Å². The molecule has 0 spiro atoms. The number of carbonyl (C=O) groups excluding carboxylic acids is 3. The van der Waals surface area contributed by atoms with Crippen LogP contribution in [0.5, 0.6) is 5.75 Å². The van der Waals surface area contributed by atoms with E-state index in [1.165, 1.54) is 6.20 Å². The Morgan fingerprint density at radius 2 is 1.66 bits per heavy atom. The number of rotatable bonds is 10. The number of ether oxygens (including phenoxy) is 4. The first-order valence-electron chi connectivity index (χ1n) is 11.3. The number of aromatic nitrogens is 1. The molecule has 184 valence electrons. The summed E-state index contributed by atoms with van der Waals surface area (Å²) in [6.07, 6.45) is 3.49. The zero-order valence-electron chi connectivity index (χ0n) is 20.4. The molecule has 8 nitrogen and oxygen atoms in total. The summed E-state index contributed by atoms with van der Waals surface area (Å²) in [7, 11) is 1.61. The molecule has 35 heavy (non-hydrogen) atoms. The quantitative estimate of drug-likeness (QED) is 0.245. The van der Waals surface area contributed by atoms with Gasteiger partial charge in [0.05, 0.1) is 13.0 Å². The zero-order chi connectivity index (χ0) is 25.4. The van der Waals surface area contributed by atoms with Crippen molar-refractivity contribution >= 4 is 28.7 Å². The van der Waals surface area contributed by atoms with Crippen LogP contribution >= 0.6 is 0 Å². The van der Waals surface area contributed by atoms with Crippen LogP contribution in [0.3, 0.4) is 0 Å². The van der Waals surface area contributed by atoms with E-state index in [4.69, 9.17) is 18.9 Å². The minimum Gasteiger partial charge on any atom is -0.497 e. The topological polar surface area (TPSA) is 92.0 Å². The molecule has 0 aliphatic heterocycles. The maximum atomic E-state index is 12.5. The first-order chi connectivity index (χ1) is 16.8. The molecule has 1 heterocycles. The third-order valence-electron chi connectivity index (χ3n) is 5.36. The standard InChI is InChI=1S/C27H30NO7/c1-18(2)12-25(29)33-16-28-11-5-6-23(15-28)27(31)35-17-34-26(30)19(3)20-7-8-22-14-24(32-4)10-9-21(22)13-20/h5-11,13-15,18-19H,12,16-17H2,1-4H3/q+1/t19-/m0/s1. The molecule has 0 unspecified atom stereocenters. The molecule has 1 atom stereocenters. The maximum absolute atomic E-state index is 12.5. The van der Waals surface area contributed by atoms with E-state index in [2.05, 4.69) is 0 Å². The average molecular weight is 481 g/mol. The largest absolute Gasteiger partial charge is 0.497 e. The second kappa shape index (κ2) is 12.0. The lowest BCUT2D eigenvalue weighted by molar-refractivity contribution is -0.727. The number of fused-ring (bicyclic) bond motifs is 1. The van der Waals surface area contributed by atoms with E-state index in [1.807, 2.05) is 50.2 Å². The molecule has 0 amide bonds. The van der Waals surface area contributed by atoms with E-state index in [1.54, 1.807) is 36.9 Å². The van der Waals surface area contributed by atoms with Gasteiger partial charge in [0, 0.05) is 12.5 Å². The molecule has 3 aromatic rings. The Bertz CT molecular complexity index is 1210. The second-order valence-corrected chi connectivity index (χ2v) is 8.56. The van der Waals surface area contributed by atoms with E-state index in [0.29, 0.717) is 6.42 Å². The highest BCUT2D eigenvalue weighted by molar-refractivity contribution is 5.89. The van der Waals surface area contributed by atoms with Crippen LogP contribution in [0.1, 0.15) is 49.0 Å². The van der Waals surface area contributed by atoms with Crippen LogP contribution in [0, 0.1) is 5.92 Å². The van der Waals surface area contributed by atoms with E-state index in [9.17, 15) is 14.4 Å². The Hall–Kier alpha value is -3.94. The highest BCUT2D eigenvalue weighted by Crippen LogP contribution is 2.25. The third-order valence-corrected chi connectivity index (χ3v) is 5.36. The fourth-order valence-electron chi connectivity index (χ4n) is 3.39. The number of carbonyl (C=O) groups is 3. The number of hydrogen-bond acceptors (Lipinski definition) is 7. The SMILES string of the molecule is COc1ccc2cc([C@H](C)C(=O)OCOC(=O)c3ccc[n+](COC(=O)CC(C)C)c3)ccc2c1. The Morgan fingerprint density at radius 1 is 0.914 bits per heavy atom. The first kappa shape index (κ1) is 25.7. The van der Waals surface area contributed by atoms with Crippen molar-refractivity contribution < 1.29 is 37.9 Å². The maximum Gasteiger partial charge on any atom is 0.347 e. The van der Waals surface area contributed by atoms with Crippen molar-refractivity contribution in [3.05, 3.63) is 72.1 Å². The zero-order valence-corrected chi connectivity index (χ0v) is 20.4. The van der Waals surface area contributed by atoms with Crippen LogP contribution in [0.2, 0.25) is 0 Å². The lowest BCUT2D eigenvalue weighted by Gasteiger charge is -2.13. The monoisotopic (exact) mass is 480 g/mol. The van der Waals surface area contributed by atoms with Crippen LogP contribution in [0.15, 0.2) is 60.9 Å². The third kappa shape index (κ3) is 7.27. The normalized spacial score (nSPS) is 11.7. The fraction of sp³-hybridized carbons (Fsp3) is 0.333. The van der Waals surface area contributed by atoms with Gasteiger partial charge in [-0.1, -0.05) is 38.1 Å². The molecule has 3 rings (SSSR count). The first-order valence-corrected chi connectivity index (χ1v) is 11.3. The molecule has 1 aromatic heterocycles. The Kier molecular flexibility index (Phi) is 8.78. The van der Waals surface area contributed by atoms with Crippen LogP contribution in [-0.2, 0) is 30.5 Å². The Morgan fingerprint density at radius 3 is 2.40 bits per heavy atom. The summed E-state index contributed by atoms with van der Waals surface area (Å²) in [6.45, 7) is 5.06. The van der Waals surface area contributed by atoms with E-state index in [-0.39, 0.29) is 24.2 Å². The van der Waals surface area contributed by atoms with Crippen LogP contribution in [0.25, 0.3) is 10.8 Å². The minimum absolute atomic E-state index is 0.0162. The van der Waals surface area contributed by atoms with Crippen LogP contribution in [0.4, 0.5) is 0 Å². The lowest BCUT2D eigenvalue weighted by atomic mass is 9.98. The van der Waals surface area contributed by atoms with Crippen LogP contribution < -0.4 is 9.30 Å².